The number of benzene rings is 13. The summed E-state index contributed by atoms with van der Waals surface area (Å²) >= 11 is 0. The molecule has 15 aromatic rings. The molecule has 0 saturated heterocycles. The second kappa shape index (κ2) is 29.4. The van der Waals surface area contributed by atoms with Crippen LogP contribution in [0.4, 0.5) is 34.1 Å². The highest BCUT2D eigenvalue weighted by molar-refractivity contribution is 7.00. The number of para-hydroxylation sites is 2. The van der Waals surface area contributed by atoms with E-state index in [1.54, 1.807) is 0 Å². The van der Waals surface area contributed by atoms with Crippen LogP contribution in [0, 0.1) is 16.2 Å². The summed E-state index contributed by atoms with van der Waals surface area (Å²) in [5.41, 5.74) is 29.3. The van der Waals surface area contributed by atoms with Crippen molar-refractivity contribution < 1.29 is 11.0 Å². The van der Waals surface area contributed by atoms with Crippen LogP contribution in [-0.4, -0.2) is 15.8 Å². The van der Waals surface area contributed by atoms with E-state index in [1.807, 2.05) is 0 Å². The van der Waals surface area contributed by atoms with Crippen molar-refractivity contribution >= 4 is 101 Å². The molecule has 0 N–H and O–H groups in total. The zero-order valence-corrected chi connectivity index (χ0v) is 77.6. The predicted octanol–water partition coefficient (Wildman–Crippen LogP) is 31.2. The van der Waals surface area contributed by atoms with Crippen molar-refractivity contribution in [2.45, 2.75) is 239 Å². The van der Waals surface area contributed by atoms with Gasteiger partial charge >= 0.3 is 0 Å². The number of anilines is 6. The Bertz CT molecular complexity index is 6620. The highest BCUT2D eigenvalue weighted by Crippen LogP contribution is 2.57. The van der Waals surface area contributed by atoms with Crippen molar-refractivity contribution in [1.82, 2.24) is 9.13 Å². The molecular weight excluding hydrogens is 1470 g/mol. The summed E-state index contributed by atoms with van der Waals surface area (Å²) in [6, 6.07) is 77.0. The summed E-state index contributed by atoms with van der Waals surface area (Å²) < 4.78 is 82.7. The first-order chi connectivity index (χ1) is 60.4. The Morgan fingerprint density at radius 1 is 0.262 bits per heavy atom. The number of aromatic nitrogens is 2. The Labute approximate surface area is 741 Å². The largest absolute Gasteiger partial charge is 0.310 e. The molecule has 122 heavy (non-hydrogen) atoms. The topological polar surface area (TPSA) is 16.3 Å². The lowest BCUT2D eigenvalue weighted by atomic mass is 9.33. The third kappa shape index (κ3) is 15.6. The Hall–Kier alpha value is -10.9. The molecule has 0 fully saturated rings. The molecule has 4 nitrogen and oxygen atoms in total. The maximum absolute atomic E-state index is 10.2. The second-order valence-corrected chi connectivity index (χ2v) is 45.3. The molecule has 5 heteroatoms. The Morgan fingerprint density at radius 3 is 0.869 bits per heavy atom. The number of rotatable bonds is 11. The summed E-state index contributed by atoms with van der Waals surface area (Å²) in [6.07, 6.45) is 2.16. The smallest absolute Gasteiger partial charge is 0.252 e. The number of nitrogens with zero attached hydrogens (tertiary/aromatic N) is 4. The first-order valence-electron chi connectivity index (χ1n) is 48.4. The molecule has 2 aliphatic rings. The van der Waals surface area contributed by atoms with Crippen molar-refractivity contribution in [3.63, 3.8) is 0 Å². The molecule has 0 aliphatic carbocycles. The monoisotopic (exact) mass is 1610 g/mol. The molecule has 0 saturated carbocycles. The van der Waals surface area contributed by atoms with Crippen molar-refractivity contribution in [1.29, 1.82) is 0 Å². The van der Waals surface area contributed by atoms with E-state index < -0.39 is 6.71 Å². The van der Waals surface area contributed by atoms with Crippen LogP contribution in [0.25, 0.3) is 99.5 Å². The van der Waals surface area contributed by atoms with Gasteiger partial charge in [0.2, 0.25) is 0 Å². The third-order valence-corrected chi connectivity index (χ3v) is 25.3. The van der Waals surface area contributed by atoms with Crippen molar-refractivity contribution in [2.24, 2.45) is 16.2 Å². The van der Waals surface area contributed by atoms with Gasteiger partial charge in [0.25, 0.3) is 6.71 Å². The van der Waals surface area contributed by atoms with E-state index >= 15 is 0 Å². The van der Waals surface area contributed by atoms with Crippen LogP contribution in [0.15, 0.2) is 255 Å². The van der Waals surface area contributed by atoms with Crippen LogP contribution in [-0.2, 0) is 51.8 Å². The Morgan fingerprint density at radius 2 is 0.566 bits per heavy atom. The molecule has 13 aromatic carbocycles. The molecule has 17 rings (SSSR count). The first kappa shape index (κ1) is 73.8. The van der Waals surface area contributed by atoms with E-state index in [1.165, 1.54) is 33.4 Å². The first-order valence-corrected chi connectivity index (χ1v) is 44.4. The number of fused-ring (bicyclic) bond motifs is 10. The zero-order chi connectivity index (χ0) is 94.0. The summed E-state index contributed by atoms with van der Waals surface area (Å²) in [6.45, 7) is 61.5. The SMILES string of the molecule is [2H]c1c([2H])c([2H])c2c(c1[2H])c1cc(CC(C)(C)C)ccc1n2-c1ccc2c(c1)N(c1c(-c3cccc(C(C)(C)C)c3)cc(C(C)(C)C)cc1-c1cccc(C(C)(C)C)c1)c1cc(CC(C)(C)C)cc3c1B2c1ccc(-n2c4ccc(CC(C)(C)C)cc4c4c([2H])c([2H])c([2H])c([2H])c42)cc1N3c1c(-c2cccc(C(C)(C)C)c2)cc(C(C)(C)C)cc1-c1cccc(C(C)(C)C)c1. The molecule has 0 amide bonds. The van der Waals surface area contributed by atoms with E-state index in [0.717, 1.165) is 158 Å². The predicted molar refractivity (Wildman–Crippen MR) is 533 cm³/mol. The quantitative estimate of drug-likeness (QED) is 0.120. The van der Waals surface area contributed by atoms with Crippen LogP contribution >= 0.6 is 0 Å². The summed E-state index contributed by atoms with van der Waals surface area (Å²) in [4.78, 5) is 5.27. The summed E-state index contributed by atoms with van der Waals surface area (Å²) in [5, 5.41) is 2.45. The highest BCUT2D eigenvalue weighted by Gasteiger charge is 2.47. The van der Waals surface area contributed by atoms with Crippen LogP contribution < -0.4 is 26.2 Å². The molecule has 0 spiro atoms. The maximum Gasteiger partial charge on any atom is 0.252 e. The van der Waals surface area contributed by atoms with Gasteiger partial charge in [-0.2, -0.15) is 0 Å². The minimum absolute atomic E-state index is 0.0827. The van der Waals surface area contributed by atoms with E-state index in [0.29, 0.717) is 28.2 Å². The van der Waals surface area contributed by atoms with Gasteiger partial charge in [0, 0.05) is 77.9 Å². The lowest BCUT2D eigenvalue weighted by Crippen LogP contribution is -2.61. The average molecular weight is 1610 g/mol. The molecule has 4 heterocycles. The second-order valence-electron chi connectivity index (χ2n) is 45.3. The van der Waals surface area contributed by atoms with E-state index in [9.17, 15) is 11.0 Å². The Kier molecular flexibility index (Phi) is 17.8. The fourth-order valence-corrected chi connectivity index (χ4v) is 19.1. The van der Waals surface area contributed by atoms with Crippen LogP contribution in [0.3, 0.4) is 0 Å². The third-order valence-electron chi connectivity index (χ3n) is 25.3. The van der Waals surface area contributed by atoms with Gasteiger partial charge in [0.1, 0.15) is 0 Å². The fraction of sp³-hybridized carbons (Fsp3) is 0.333. The molecule has 0 radical (unpaired) electrons. The normalized spacial score (nSPS) is 14.7. The maximum atomic E-state index is 10.2. The summed E-state index contributed by atoms with van der Waals surface area (Å²) in [5.74, 6) is 0. The summed E-state index contributed by atoms with van der Waals surface area (Å²) in [7, 11) is 0. The van der Waals surface area contributed by atoms with Crippen LogP contribution in [0.2, 0.25) is 0 Å². The number of hydrogen-bond acceptors (Lipinski definition) is 2. The van der Waals surface area contributed by atoms with Crippen molar-refractivity contribution in [2.75, 3.05) is 9.80 Å². The molecule has 620 valence electrons. The van der Waals surface area contributed by atoms with Gasteiger partial charge < -0.3 is 18.9 Å². The molecule has 0 unspecified atom stereocenters. The minimum atomic E-state index is -0.538. The van der Waals surface area contributed by atoms with Crippen LogP contribution in [0.1, 0.15) is 248 Å². The van der Waals surface area contributed by atoms with Gasteiger partial charge in [-0.15, -0.1) is 0 Å². The standard InChI is InChI=1S/C117H129BN4/c1-109(2,3)70-73-48-54-100-94(56-73)88-44-28-30-46-98(88)119(100)86-50-52-96-102(68-86)121(107-90(76-36-32-40-80(60-76)112(10,11)12)64-84(116(22,23)24)65-91(107)77-37-33-41-81(61-77)113(13,14)15)104-58-75(72-111(7,8)9)59-105-106(104)118(96)97-53-51-87(120-99-47-31-29-45-89(99)95-57-74(49-55-101(95)120)71-110(4,5)6)69-103(97)122(105)108-92(78-38-34-42-82(62-78)114(16,17)18)66-85(117(25,26)27)67-93(108)79-39-35-43-83(63-79)115(19,20)21/h28-69H,70-72H2,1-27H3/i28D,29D,30D,31D,44D,45D,46D,47D. The average Bonchev–Trinajstić information content (AvgIpc) is 0.828. The van der Waals surface area contributed by atoms with Gasteiger partial charge in [-0.25, -0.2) is 0 Å². The highest BCUT2D eigenvalue weighted by atomic mass is 15.2. The molecular formula is C117H129BN4. The van der Waals surface area contributed by atoms with Crippen molar-refractivity contribution in [3.05, 3.63) is 305 Å². The van der Waals surface area contributed by atoms with Crippen LogP contribution in [0.5, 0.6) is 0 Å². The van der Waals surface area contributed by atoms with Gasteiger partial charge in [-0.3, -0.25) is 0 Å². The lowest BCUT2D eigenvalue weighted by Gasteiger charge is -2.46. The zero-order valence-electron chi connectivity index (χ0n) is 85.6. The molecule has 0 atom stereocenters. The Balaban J connectivity index is 1.12. The van der Waals surface area contributed by atoms with Gasteiger partial charge in [0.05, 0.1) is 44.4 Å². The number of hydrogen-bond donors (Lipinski definition) is 0. The van der Waals surface area contributed by atoms with E-state index in [-0.39, 0.29) is 97.1 Å². The van der Waals surface area contributed by atoms with E-state index in [4.69, 9.17) is 0 Å². The van der Waals surface area contributed by atoms with Crippen molar-refractivity contribution in [3.8, 4) is 55.9 Å². The molecule has 2 aromatic heterocycles. The van der Waals surface area contributed by atoms with Gasteiger partial charge in [-0.1, -0.05) is 345 Å². The molecule has 0 bridgehead atoms. The minimum Gasteiger partial charge on any atom is -0.310 e. The molecule has 2 aliphatic heterocycles. The van der Waals surface area contributed by atoms with Gasteiger partial charge in [0.15, 0.2) is 0 Å². The van der Waals surface area contributed by atoms with E-state index in [2.05, 4.69) is 412 Å². The fourth-order valence-electron chi connectivity index (χ4n) is 19.1. The lowest BCUT2D eigenvalue weighted by molar-refractivity contribution is 0.411. The van der Waals surface area contributed by atoms with Gasteiger partial charge in [-0.05, 0) is 254 Å².